The van der Waals surface area contributed by atoms with Gasteiger partial charge in [0.05, 0.1) is 6.61 Å². The first-order chi connectivity index (χ1) is 9.70. The van der Waals surface area contributed by atoms with Crippen LogP contribution in [-0.2, 0) is 18.9 Å². The lowest BCUT2D eigenvalue weighted by molar-refractivity contribution is -0.358. The minimum Gasteiger partial charge on any atom is -0.387 e. The van der Waals surface area contributed by atoms with Gasteiger partial charge in [0.25, 0.3) is 0 Å². The molecule has 1 aromatic carbocycles. The molecule has 6 atom stereocenters. The highest BCUT2D eigenvalue weighted by Gasteiger charge is 2.48. The molecule has 110 valence electrons. The van der Waals surface area contributed by atoms with Crippen molar-refractivity contribution in [3.05, 3.63) is 35.9 Å². The van der Waals surface area contributed by atoms with Crippen LogP contribution in [0.2, 0.25) is 0 Å². The number of aliphatic hydroxyl groups is 2. The molecule has 2 aliphatic heterocycles. The number of hydrogen-bond donors (Lipinski definition) is 2. The highest BCUT2D eigenvalue weighted by atomic mass is 16.7. The van der Waals surface area contributed by atoms with E-state index in [0.29, 0.717) is 0 Å². The fourth-order valence-corrected chi connectivity index (χ4v) is 2.55. The topological polar surface area (TPSA) is 77.4 Å². The summed E-state index contributed by atoms with van der Waals surface area (Å²) in [6, 6.07) is 9.45. The van der Waals surface area contributed by atoms with Crippen LogP contribution in [0.25, 0.3) is 0 Å². The highest BCUT2D eigenvalue weighted by Crippen LogP contribution is 2.33. The first-order valence-electron chi connectivity index (χ1n) is 6.57. The van der Waals surface area contributed by atoms with Gasteiger partial charge >= 0.3 is 0 Å². The van der Waals surface area contributed by atoms with E-state index >= 15 is 0 Å². The number of rotatable bonds is 2. The van der Waals surface area contributed by atoms with Gasteiger partial charge in [0.15, 0.2) is 12.6 Å². The van der Waals surface area contributed by atoms with Crippen LogP contribution in [0.5, 0.6) is 0 Å². The molecule has 2 N–H and O–H groups in total. The van der Waals surface area contributed by atoms with Crippen molar-refractivity contribution in [2.45, 2.75) is 37.0 Å². The summed E-state index contributed by atoms with van der Waals surface area (Å²) in [7, 11) is 1.41. The van der Waals surface area contributed by atoms with Crippen molar-refractivity contribution in [2.24, 2.45) is 0 Å². The lowest BCUT2D eigenvalue weighted by Gasteiger charge is -2.45. The molecular formula is C14H18O6. The standard InChI is InChI=1S/C14H18O6/c1-17-14-11(16)10(15)12-9(19-14)7-18-13(20-12)8-5-3-2-4-6-8/h2-6,9-16H,7H2,1H3/t9?,10?,11?,12-,13?,14+/m0/s1. The number of ether oxygens (including phenoxy) is 4. The molecule has 0 bridgehead atoms. The zero-order valence-corrected chi connectivity index (χ0v) is 11.1. The molecule has 20 heavy (non-hydrogen) atoms. The van der Waals surface area contributed by atoms with Crippen molar-refractivity contribution in [3.8, 4) is 0 Å². The smallest absolute Gasteiger partial charge is 0.186 e. The van der Waals surface area contributed by atoms with Crippen molar-refractivity contribution < 1.29 is 29.2 Å². The van der Waals surface area contributed by atoms with E-state index in [1.54, 1.807) is 0 Å². The van der Waals surface area contributed by atoms with E-state index < -0.39 is 37.0 Å². The lowest BCUT2D eigenvalue weighted by Crippen LogP contribution is -2.62. The van der Waals surface area contributed by atoms with E-state index in [2.05, 4.69) is 0 Å². The first kappa shape index (κ1) is 13.9. The van der Waals surface area contributed by atoms with Gasteiger partial charge in [-0.1, -0.05) is 30.3 Å². The summed E-state index contributed by atoms with van der Waals surface area (Å²) in [6.07, 6.45) is -4.76. The molecule has 0 saturated carbocycles. The van der Waals surface area contributed by atoms with E-state index in [0.717, 1.165) is 5.56 Å². The minimum atomic E-state index is -1.14. The zero-order chi connectivity index (χ0) is 14.1. The number of benzene rings is 1. The van der Waals surface area contributed by atoms with Crippen molar-refractivity contribution >= 4 is 0 Å². The second-order valence-electron chi connectivity index (χ2n) is 4.94. The van der Waals surface area contributed by atoms with Gasteiger partial charge in [0.1, 0.15) is 24.4 Å². The maximum Gasteiger partial charge on any atom is 0.186 e. The molecule has 0 aromatic heterocycles. The van der Waals surface area contributed by atoms with Gasteiger partial charge in [0, 0.05) is 12.7 Å². The Labute approximate surface area is 116 Å². The molecule has 6 heteroatoms. The largest absolute Gasteiger partial charge is 0.387 e. The summed E-state index contributed by atoms with van der Waals surface area (Å²) in [5.74, 6) is 0. The summed E-state index contributed by atoms with van der Waals surface area (Å²) in [4.78, 5) is 0. The summed E-state index contributed by atoms with van der Waals surface area (Å²) in [5, 5.41) is 20.1. The number of methoxy groups -OCH3 is 1. The molecule has 0 radical (unpaired) electrons. The number of aliphatic hydroxyl groups excluding tert-OH is 2. The average molecular weight is 282 g/mol. The molecule has 0 amide bonds. The van der Waals surface area contributed by atoms with Crippen LogP contribution in [0.1, 0.15) is 11.9 Å². The normalized spacial score (nSPS) is 41.1. The zero-order valence-electron chi connectivity index (χ0n) is 11.1. The molecule has 1 aromatic rings. The lowest BCUT2D eigenvalue weighted by atomic mass is 9.98. The molecule has 0 spiro atoms. The Morgan fingerprint density at radius 3 is 2.55 bits per heavy atom. The Bertz CT molecular complexity index is 437. The van der Waals surface area contributed by atoms with Crippen LogP contribution in [-0.4, -0.2) is 54.6 Å². The van der Waals surface area contributed by atoms with Crippen LogP contribution in [0.15, 0.2) is 30.3 Å². The number of fused-ring (bicyclic) bond motifs is 1. The maximum absolute atomic E-state index is 10.1. The molecule has 2 heterocycles. The molecule has 6 nitrogen and oxygen atoms in total. The summed E-state index contributed by atoms with van der Waals surface area (Å²) in [6.45, 7) is 0.272. The second kappa shape index (κ2) is 5.77. The Morgan fingerprint density at radius 1 is 1.10 bits per heavy atom. The second-order valence-corrected chi connectivity index (χ2v) is 4.94. The van der Waals surface area contributed by atoms with Gasteiger partial charge in [-0.2, -0.15) is 0 Å². The molecule has 0 aliphatic carbocycles. The third-order valence-electron chi connectivity index (χ3n) is 3.64. The van der Waals surface area contributed by atoms with Crippen molar-refractivity contribution in [2.75, 3.05) is 13.7 Å². The molecule has 2 saturated heterocycles. The fourth-order valence-electron chi connectivity index (χ4n) is 2.55. The predicted octanol–water partition coefficient (Wildman–Crippen LogP) is 0.194. The quantitative estimate of drug-likeness (QED) is 0.806. The van der Waals surface area contributed by atoms with Crippen molar-refractivity contribution in [1.82, 2.24) is 0 Å². The van der Waals surface area contributed by atoms with Gasteiger partial charge < -0.3 is 29.2 Å². The Hall–Kier alpha value is -1.02. The van der Waals surface area contributed by atoms with Gasteiger partial charge in [-0.3, -0.25) is 0 Å². The monoisotopic (exact) mass is 282 g/mol. The third-order valence-corrected chi connectivity index (χ3v) is 3.64. The van der Waals surface area contributed by atoms with Crippen molar-refractivity contribution in [3.63, 3.8) is 0 Å². The van der Waals surface area contributed by atoms with Gasteiger partial charge in [0.2, 0.25) is 0 Å². The van der Waals surface area contributed by atoms with Crippen LogP contribution in [0, 0.1) is 0 Å². The summed E-state index contributed by atoms with van der Waals surface area (Å²) in [5.41, 5.74) is 0.863. The molecule has 2 aliphatic rings. The predicted molar refractivity (Wildman–Crippen MR) is 67.7 cm³/mol. The Balaban J connectivity index is 1.74. The van der Waals surface area contributed by atoms with Gasteiger partial charge in [-0.25, -0.2) is 0 Å². The fraction of sp³-hybridized carbons (Fsp3) is 0.571. The molecule has 2 fully saturated rings. The van der Waals surface area contributed by atoms with Gasteiger partial charge in [-0.05, 0) is 0 Å². The highest BCUT2D eigenvalue weighted by molar-refractivity contribution is 5.16. The average Bonchev–Trinajstić information content (AvgIpc) is 2.51. The maximum atomic E-state index is 10.1. The van der Waals surface area contributed by atoms with E-state index in [-0.39, 0.29) is 6.61 Å². The SMILES string of the molecule is CO[C@@H]1OC2COC(c3ccccc3)O[C@@H]2C(O)C1O. The first-order valence-corrected chi connectivity index (χ1v) is 6.57. The number of hydrogen-bond acceptors (Lipinski definition) is 6. The van der Waals surface area contributed by atoms with E-state index in [9.17, 15) is 10.2 Å². The Kier molecular flexibility index (Phi) is 4.02. The molecule has 4 unspecified atom stereocenters. The van der Waals surface area contributed by atoms with E-state index in [4.69, 9.17) is 18.9 Å². The molecule has 3 rings (SSSR count). The van der Waals surface area contributed by atoms with Gasteiger partial charge in [-0.15, -0.1) is 0 Å². The molecular weight excluding hydrogens is 264 g/mol. The van der Waals surface area contributed by atoms with E-state index in [1.807, 2.05) is 30.3 Å². The van der Waals surface area contributed by atoms with E-state index in [1.165, 1.54) is 7.11 Å². The third kappa shape index (κ3) is 2.46. The minimum absolute atomic E-state index is 0.272. The van der Waals surface area contributed by atoms with Crippen LogP contribution < -0.4 is 0 Å². The van der Waals surface area contributed by atoms with Crippen LogP contribution in [0.3, 0.4) is 0 Å². The van der Waals surface area contributed by atoms with Crippen molar-refractivity contribution in [1.29, 1.82) is 0 Å². The van der Waals surface area contributed by atoms with Crippen LogP contribution >= 0.6 is 0 Å². The Morgan fingerprint density at radius 2 is 1.85 bits per heavy atom. The summed E-state index contributed by atoms with van der Waals surface area (Å²) >= 11 is 0. The summed E-state index contributed by atoms with van der Waals surface area (Å²) < 4.78 is 21.9. The van der Waals surface area contributed by atoms with Crippen LogP contribution in [0.4, 0.5) is 0 Å².